The molecule has 1 N–H and O–H groups in total. The van der Waals surface area contributed by atoms with Crippen LogP contribution in [0.25, 0.3) is 0 Å². The van der Waals surface area contributed by atoms with Crippen LogP contribution in [0.2, 0.25) is 5.02 Å². The summed E-state index contributed by atoms with van der Waals surface area (Å²) in [4.78, 5) is 0. The number of hydrogen-bond donors (Lipinski definition) is 1. The van der Waals surface area contributed by atoms with Gasteiger partial charge in [0.25, 0.3) is 0 Å². The van der Waals surface area contributed by atoms with Gasteiger partial charge < -0.3 is 5.32 Å². The van der Waals surface area contributed by atoms with Crippen molar-refractivity contribution in [3.8, 4) is 0 Å². The topological polar surface area (TPSA) is 29.9 Å². The van der Waals surface area contributed by atoms with Gasteiger partial charge >= 0.3 is 0 Å². The molecule has 18 heavy (non-hydrogen) atoms. The number of fused-ring (bicyclic) bond motifs is 1. The third kappa shape index (κ3) is 1.99. The normalized spacial score (nSPS) is 13.7. The molecular formula is C14H16ClN3. The van der Waals surface area contributed by atoms with E-state index in [9.17, 15) is 0 Å². The molecule has 0 fully saturated rings. The summed E-state index contributed by atoms with van der Waals surface area (Å²) < 4.78 is 1.99. The van der Waals surface area contributed by atoms with Gasteiger partial charge in [0.15, 0.2) is 0 Å². The minimum absolute atomic E-state index is 0.760. The second-order valence-corrected chi connectivity index (χ2v) is 5.09. The predicted molar refractivity (Wildman–Crippen MR) is 74.0 cm³/mol. The van der Waals surface area contributed by atoms with E-state index in [2.05, 4.69) is 10.4 Å². The summed E-state index contributed by atoms with van der Waals surface area (Å²) in [5, 5.41) is 8.72. The maximum Gasteiger partial charge on any atom is 0.0660 e. The molecule has 94 valence electrons. The van der Waals surface area contributed by atoms with Crippen molar-refractivity contribution in [2.75, 3.05) is 5.32 Å². The molecule has 1 aliphatic rings. The number of hydrogen-bond acceptors (Lipinski definition) is 2. The lowest BCUT2D eigenvalue weighted by Gasteiger charge is -2.09. The first-order valence-corrected chi connectivity index (χ1v) is 6.65. The van der Waals surface area contributed by atoms with Crippen molar-refractivity contribution in [3.63, 3.8) is 0 Å². The van der Waals surface area contributed by atoms with Crippen LogP contribution in [-0.2, 0) is 26.4 Å². The predicted octanol–water partition coefficient (Wildman–Crippen LogP) is 3.17. The van der Waals surface area contributed by atoms with Crippen molar-refractivity contribution in [1.82, 2.24) is 9.78 Å². The fourth-order valence-electron chi connectivity index (χ4n) is 2.59. The molecule has 4 heteroatoms. The highest BCUT2D eigenvalue weighted by Crippen LogP contribution is 2.26. The zero-order chi connectivity index (χ0) is 12.5. The lowest BCUT2D eigenvalue weighted by atomic mass is 10.2. The summed E-state index contributed by atoms with van der Waals surface area (Å²) in [7, 11) is 2.02. The molecule has 1 aliphatic carbocycles. The van der Waals surface area contributed by atoms with Crippen LogP contribution in [-0.4, -0.2) is 9.78 Å². The van der Waals surface area contributed by atoms with Gasteiger partial charge in [0, 0.05) is 7.05 Å². The Balaban J connectivity index is 1.80. The van der Waals surface area contributed by atoms with E-state index >= 15 is 0 Å². The minimum Gasteiger partial charge on any atom is -0.378 e. The molecule has 3 rings (SSSR count). The molecule has 0 amide bonds. The van der Waals surface area contributed by atoms with Gasteiger partial charge in [0.2, 0.25) is 0 Å². The summed E-state index contributed by atoms with van der Waals surface area (Å²) in [6.07, 6.45) is 3.51. The Bertz CT molecular complexity index is 574. The summed E-state index contributed by atoms with van der Waals surface area (Å²) in [6.45, 7) is 0.780. The molecule has 1 aromatic carbocycles. The average Bonchev–Trinajstić information content (AvgIpc) is 2.90. The molecule has 0 aliphatic heterocycles. The Hall–Kier alpha value is -1.48. The number of benzene rings is 1. The number of rotatable bonds is 3. The Morgan fingerprint density at radius 3 is 3.00 bits per heavy atom. The first kappa shape index (κ1) is 11.6. The second kappa shape index (κ2) is 4.65. The van der Waals surface area contributed by atoms with Crippen molar-refractivity contribution in [1.29, 1.82) is 0 Å². The monoisotopic (exact) mass is 261 g/mol. The van der Waals surface area contributed by atoms with Gasteiger partial charge in [-0.1, -0.05) is 23.7 Å². The third-order valence-electron chi connectivity index (χ3n) is 3.52. The molecule has 1 heterocycles. The van der Waals surface area contributed by atoms with E-state index in [1.165, 1.54) is 23.4 Å². The highest BCUT2D eigenvalue weighted by atomic mass is 35.5. The van der Waals surface area contributed by atoms with Crippen LogP contribution in [0, 0.1) is 0 Å². The molecule has 2 aromatic rings. The molecule has 0 unspecified atom stereocenters. The van der Waals surface area contributed by atoms with Crippen molar-refractivity contribution < 1.29 is 0 Å². The summed E-state index contributed by atoms with van der Waals surface area (Å²) >= 11 is 6.14. The fourth-order valence-corrected chi connectivity index (χ4v) is 2.79. The van der Waals surface area contributed by atoms with E-state index in [1.54, 1.807) is 0 Å². The number of nitrogens with zero attached hydrogens (tertiary/aromatic N) is 2. The van der Waals surface area contributed by atoms with Crippen LogP contribution in [0.1, 0.15) is 23.4 Å². The van der Waals surface area contributed by atoms with Crippen LogP contribution >= 0.6 is 11.6 Å². The molecule has 0 spiro atoms. The van der Waals surface area contributed by atoms with E-state index in [0.717, 1.165) is 30.1 Å². The molecule has 3 nitrogen and oxygen atoms in total. The van der Waals surface area contributed by atoms with Crippen LogP contribution in [0.4, 0.5) is 5.69 Å². The molecule has 0 radical (unpaired) electrons. The Morgan fingerprint density at radius 1 is 1.33 bits per heavy atom. The Labute approximate surface area is 112 Å². The maximum absolute atomic E-state index is 6.14. The fraction of sp³-hybridized carbons (Fsp3) is 0.357. The van der Waals surface area contributed by atoms with Gasteiger partial charge in [0.1, 0.15) is 0 Å². The lowest BCUT2D eigenvalue weighted by Crippen LogP contribution is -2.08. The molecule has 0 bridgehead atoms. The zero-order valence-electron chi connectivity index (χ0n) is 10.4. The molecule has 0 saturated carbocycles. The van der Waals surface area contributed by atoms with Gasteiger partial charge in [0.05, 0.1) is 28.6 Å². The van der Waals surface area contributed by atoms with Crippen LogP contribution in [0.5, 0.6) is 0 Å². The van der Waals surface area contributed by atoms with Crippen molar-refractivity contribution in [3.05, 3.63) is 46.2 Å². The molecular weight excluding hydrogens is 246 g/mol. The van der Waals surface area contributed by atoms with Crippen molar-refractivity contribution in [2.45, 2.75) is 25.8 Å². The first-order chi connectivity index (χ1) is 8.75. The molecule has 1 aromatic heterocycles. The summed E-state index contributed by atoms with van der Waals surface area (Å²) in [5.41, 5.74) is 4.96. The van der Waals surface area contributed by atoms with Crippen LogP contribution in [0.3, 0.4) is 0 Å². The number of para-hydroxylation sites is 1. The van der Waals surface area contributed by atoms with Gasteiger partial charge in [-0.2, -0.15) is 5.10 Å². The van der Waals surface area contributed by atoms with Crippen molar-refractivity contribution >= 4 is 17.3 Å². The van der Waals surface area contributed by atoms with E-state index < -0.39 is 0 Å². The zero-order valence-corrected chi connectivity index (χ0v) is 11.2. The number of aryl methyl sites for hydroxylation is 2. The number of aromatic nitrogens is 2. The second-order valence-electron chi connectivity index (χ2n) is 4.68. The standard InChI is InChI=1S/C14H16ClN3/c1-18-14(10-5-4-8-12(10)17-18)9-16-13-7-3-2-6-11(13)15/h2-3,6-7,16H,4-5,8-9H2,1H3. The number of halogens is 1. The van der Waals surface area contributed by atoms with Gasteiger partial charge in [-0.15, -0.1) is 0 Å². The third-order valence-corrected chi connectivity index (χ3v) is 3.85. The van der Waals surface area contributed by atoms with Crippen molar-refractivity contribution in [2.24, 2.45) is 7.05 Å². The van der Waals surface area contributed by atoms with Gasteiger partial charge in [-0.05, 0) is 37.0 Å². The first-order valence-electron chi connectivity index (χ1n) is 6.27. The molecule has 0 saturated heterocycles. The van der Waals surface area contributed by atoms with Crippen LogP contribution < -0.4 is 5.32 Å². The number of anilines is 1. The van der Waals surface area contributed by atoms with E-state index in [4.69, 9.17) is 11.6 Å². The average molecular weight is 262 g/mol. The highest BCUT2D eigenvalue weighted by molar-refractivity contribution is 6.33. The number of nitrogens with one attached hydrogen (secondary N) is 1. The lowest BCUT2D eigenvalue weighted by molar-refractivity contribution is 0.688. The van der Waals surface area contributed by atoms with E-state index in [-0.39, 0.29) is 0 Å². The maximum atomic E-state index is 6.14. The summed E-state index contributed by atoms with van der Waals surface area (Å²) in [6, 6.07) is 7.83. The van der Waals surface area contributed by atoms with Gasteiger partial charge in [-0.3, -0.25) is 4.68 Å². The van der Waals surface area contributed by atoms with Crippen LogP contribution in [0.15, 0.2) is 24.3 Å². The highest BCUT2D eigenvalue weighted by Gasteiger charge is 2.20. The quantitative estimate of drug-likeness (QED) is 0.920. The smallest absolute Gasteiger partial charge is 0.0660 e. The Kier molecular flexibility index (Phi) is 3.00. The van der Waals surface area contributed by atoms with E-state index in [1.807, 2.05) is 36.0 Å². The molecule has 0 atom stereocenters. The SMILES string of the molecule is Cn1nc2c(c1CNc1ccccc1Cl)CCC2. The van der Waals surface area contributed by atoms with Gasteiger partial charge in [-0.25, -0.2) is 0 Å². The summed E-state index contributed by atoms with van der Waals surface area (Å²) in [5.74, 6) is 0. The van der Waals surface area contributed by atoms with E-state index in [0.29, 0.717) is 0 Å². The largest absolute Gasteiger partial charge is 0.378 e. The Morgan fingerprint density at radius 2 is 2.17 bits per heavy atom. The minimum atomic E-state index is 0.760.